The fraction of sp³-hybridized carbons (Fsp3) is 0.812. The third-order valence-electron chi connectivity index (χ3n) is 4.99. The topological polar surface area (TPSA) is 68.5 Å². The lowest BCUT2D eigenvalue weighted by Gasteiger charge is -2.31. The summed E-state index contributed by atoms with van der Waals surface area (Å²) in [6.07, 6.45) is 3.44. The second kappa shape index (κ2) is 5.33. The largest absolute Gasteiger partial charge is 0.422 e. The van der Waals surface area contributed by atoms with Crippen LogP contribution in [0.2, 0.25) is 0 Å². The van der Waals surface area contributed by atoms with Crippen molar-refractivity contribution in [1.82, 2.24) is 15.1 Å². The first-order chi connectivity index (χ1) is 10.6. The molecular weight excluding hydrogens is 282 g/mol. The minimum Gasteiger partial charge on any atom is -0.422 e. The van der Waals surface area contributed by atoms with Crippen LogP contribution in [0, 0.1) is 17.8 Å². The average molecular weight is 305 g/mol. The standard InChI is InChI=1S/C16H23N3O3/c1-9(2)14-17-18-15(22-14)13-8-19(5-6-21-13)16(20)12-7-11(12)10-3-4-10/h9-13H,3-8H2,1-2H3/t11-,12+,13-/m0/s1. The summed E-state index contributed by atoms with van der Waals surface area (Å²) in [7, 11) is 0. The van der Waals surface area contributed by atoms with Gasteiger partial charge in [0.1, 0.15) is 0 Å². The van der Waals surface area contributed by atoms with Gasteiger partial charge in [0.25, 0.3) is 0 Å². The zero-order valence-corrected chi connectivity index (χ0v) is 13.2. The molecule has 1 aromatic heterocycles. The van der Waals surface area contributed by atoms with Gasteiger partial charge < -0.3 is 14.1 Å². The Morgan fingerprint density at radius 3 is 2.82 bits per heavy atom. The Labute approximate surface area is 130 Å². The molecule has 1 aliphatic heterocycles. The molecule has 3 aliphatic rings. The van der Waals surface area contributed by atoms with E-state index in [-0.39, 0.29) is 17.9 Å². The molecule has 6 nitrogen and oxygen atoms in total. The van der Waals surface area contributed by atoms with Crippen LogP contribution in [-0.2, 0) is 9.53 Å². The summed E-state index contributed by atoms with van der Waals surface area (Å²) in [5, 5.41) is 8.14. The summed E-state index contributed by atoms with van der Waals surface area (Å²) in [5.74, 6) is 3.37. The van der Waals surface area contributed by atoms with E-state index in [0.717, 1.165) is 12.3 Å². The monoisotopic (exact) mass is 305 g/mol. The number of hydrogen-bond acceptors (Lipinski definition) is 5. The number of ether oxygens (including phenoxy) is 1. The molecule has 0 bridgehead atoms. The van der Waals surface area contributed by atoms with Crippen LogP contribution in [0.1, 0.15) is 56.9 Å². The molecule has 4 rings (SSSR count). The quantitative estimate of drug-likeness (QED) is 0.852. The van der Waals surface area contributed by atoms with Crippen LogP contribution in [-0.4, -0.2) is 40.7 Å². The highest BCUT2D eigenvalue weighted by atomic mass is 16.5. The van der Waals surface area contributed by atoms with Crippen molar-refractivity contribution >= 4 is 5.91 Å². The molecule has 0 aromatic carbocycles. The van der Waals surface area contributed by atoms with E-state index in [1.54, 1.807) is 0 Å². The van der Waals surface area contributed by atoms with Gasteiger partial charge in [-0.05, 0) is 31.1 Å². The van der Waals surface area contributed by atoms with E-state index < -0.39 is 0 Å². The Bertz CT molecular complexity index is 567. The first-order valence-corrected chi connectivity index (χ1v) is 8.37. The molecule has 120 valence electrons. The summed E-state index contributed by atoms with van der Waals surface area (Å²) in [4.78, 5) is 14.5. The van der Waals surface area contributed by atoms with E-state index in [0.29, 0.717) is 43.3 Å². The van der Waals surface area contributed by atoms with Gasteiger partial charge in [-0.15, -0.1) is 10.2 Å². The van der Waals surface area contributed by atoms with E-state index in [1.165, 1.54) is 12.8 Å². The minimum absolute atomic E-state index is 0.202. The van der Waals surface area contributed by atoms with Crippen molar-refractivity contribution in [1.29, 1.82) is 0 Å². The van der Waals surface area contributed by atoms with Crippen molar-refractivity contribution in [3.8, 4) is 0 Å². The van der Waals surface area contributed by atoms with Crippen molar-refractivity contribution < 1.29 is 13.9 Å². The second-order valence-electron chi connectivity index (χ2n) is 7.12. The van der Waals surface area contributed by atoms with E-state index >= 15 is 0 Å². The highest BCUT2D eigenvalue weighted by Crippen LogP contribution is 2.55. The molecule has 0 N–H and O–H groups in total. The Kier molecular flexibility index (Phi) is 3.44. The number of nitrogens with zero attached hydrogens (tertiary/aromatic N) is 3. The third kappa shape index (κ3) is 2.64. The predicted molar refractivity (Wildman–Crippen MR) is 78.0 cm³/mol. The maximum Gasteiger partial charge on any atom is 0.247 e. The smallest absolute Gasteiger partial charge is 0.247 e. The SMILES string of the molecule is CC(C)c1nnc([C@@H]2CN(C(=O)[C@@H]3C[C@H]3C3CC3)CCO2)o1. The van der Waals surface area contributed by atoms with Gasteiger partial charge in [0.05, 0.1) is 13.2 Å². The van der Waals surface area contributed by atoms with Crippen molar-refractivity contribution in [2.45, 2.75) is 45.1 Å². The van der Waals surface area contributed by atoms with Gasteiger partial charge >= 0.3 is 0 Å². The summed E-state index contributed by atoms with van der Waals surface area (Å²) < 4.78 is 11.4. The number of carbonyl (C=O) groups is 1. The van der Waals surface area contributed by atoms with Crippen LogP contribution in [0.25, 0.3) is 0 Å². The molecular formula is C16H23N3O3. The molecule has 3 atom stereocenters. The normalized spacial score (nSPS) is 31.6. The van der Waals surface area contributed by atoms with Gasteiger partial charge in [-0.25, -0.2) is 0 Å². The summed E-state index contributed by atoms with van der Waals surface area (Å²) in [6.45, 7) is 5.78. The summed E-state index contributed by atoms with van der Waals surface area (Å²) >= 11 is 0. The second-order valence-corrected chi connectivity index (χ2v) is 7.12. The molecule has 0 unspecified atom stereocenters. The lowest BCUT2D eigenvalue weighted by molar-refractivity contribution is -0.141. The first kappa shape index (κ1) is 14.2. The van der Waals surface area contributed by atoms with Crippen LogP contribution < -0.4 is 0 Å². The van der Waals surface area contributed by atoms with Crippen molar-refractivity contribution in [2.75, 3.05) is 19.7 Å². The van der Waals surface area contributed by atoms with Crippen LogP contribution in [0.3, 0.4) is 0 Å². The maximum absolute atomic E-state index is 12.6. The Balaban J connectivity index is 1.39. The molecule has 1 aromatic rings. The molecule has 22 heavy (non-hydrogen) atoms. The Hall–Kier alpha value is -1.43. The van der Waals surface area contributed by atoms with Gasteiger partial charge in [0, 0.05) is 18.4 Å². The molecule has 2 saturated carbocycles. The lowest BCUT2D eigenvalue weighted by atomic mass is 10.2. The fourth-order valence-electron chi connectivity index (χ4n) is 3.39. The Morgan fingerprint density at radius 2 is 2.14 bits per heavy atom. The zero-order chi connectivity index (χ0) is 15.3. The Morgan fingerprint density at radius 1 is 1.32 bits per heavy atom. The predicted octanol–water partition coefficient (Wildman–Crippen LogP) is 2.14. The lowest BCUT2D eigenvalue weighted by Crippen LogP contribution is -2.43. The van der Waals surface area contributed by atoms with Gasteiger partial charge in [-0.3, -0.25) is 4.79 Å². The molecule has 2 aliphatic carbocycles. The van der Waals surface area contributed by atoms with E-state index in [9.17, 15) is 4.79 Å². The maximum atomic E-state index is 12.6. The molecule has 3 fully saturated rings. The number of morpholine rings is 1. The summed E-state index contributed by atoms with van der Waals surface area (Å²) in [5.41, 5.74) is 0. The van der Waals surface area contributed by atoms with Crippen LogP contribution in [0.15, 0.2) is 4.42 Å². The molecule has 6 heteroatoms. The number of amides is 1. The average Bonchev–Trinajstić information content (AvgIpc) is 3.42. The third-order valence-corrected chi connectivity index (χ3v) is 4.99. The number of rotatable bonds is 4. The van der Waals surface area contributed by atoms with Crippen LogP contribution in [0.5, 0.6) is 0 Å². The molecule has 0 spiro atoms. The molecule has 1 saturated heterocycles. The van der Waals surface area contributed by atoms with E-state index in [2.05, 4.69) is 10.2 Å². The highest BCUT2D eigenvalue weighted by Gasteiger charge is 2.52. The van der Waals surface area contributed by atoms with Crippen molar-refractivity contribution in [2.24, 2.45) is 17.8 Å². The van der Waals surface area contributed by atoms with Gasteiger partial charge in [0.2, 0.25) is 17.7 Å². The first-order valence-electron chi connectivity index (χ1n) is 8.37. The number of hydrogen-bond donors (Lipinski definition) is 0. The van der Waals surface area contributed by atoms with Crippen molar-refractivity contribution in [3.05, 3.63) is 11.8 Å². The molecule has 0 radical (unpaired) electrons. The van der Waals surface area contributed by atoms with Gasteiger partial charge in [-0.2, -0.15) is 0 Å². The fourth-order valence-corrected chi connectivity index (χ4v) is 3.39. The summed E-state index contributed by atoms with van der Waals surface area (Å²) in [6, 6.07) is 0. The molecule has 2 heterocycles. The number of aromatic nitrogens is 2. The van der Waals surface area contributed by atoms with Gasteiger partial charge in [-0.1, -0.05) is 13.8 Å². The molecule has 1 amide bonds. The van der Waals surface area contributed by atoms with Crippen LogP contribution in [0.4, 0.5) is 0 Å². The van der Waals surface area contributed by atoms with Crippen molar-refractivity contribution in [3.63, 3.8) is 0 Å². The van der Waals surface area contributed by atoms with Gasteiger partial charge in [0.15, 0.2) is 6.10 Å². The zero-order valence-electron chi connectivity index (χ0n) is 13.2. The highest BCUT2D eigenvalue weighted by molar-refractivity contribution is 5.82. The van der Waals surface area contributed by atoms with Crippen LogP contribution >= 0.6 is 0 Å². The minimum atomic E-state index is -0.282. The van der Waals surface area contributed by atoms with E-state index in [1.807, 2.05) is 18.7 Å². The number of carbonyl (C=O) groups excluding carboxylic acids is 1. The van der Waals surface area contributed by atoms with E-state index in [4.69, 9.17) is 9.15 Å².